The fraction of sp³-hybridized carbons (Fsp3) is 0.648. The maximum absolute atomic E-state index is 14.6. The number of carboxylic acids is 1. The fourth-order valence-corrected chi connectivity index (χ4v) is 11.0. The van der Waals surface area contributed by atoms with Gasteiger partial charge in [0.1, 0.15) is 66.5 Å². The van der Waals surface area contributed by atoms with Crippen LogP contribution in [0.5, 0.6) is 0 Å². The number of carbonyl (C=O) groups excluding carboxylic acids is 12. The number of nitrogens with two attached hydrogens (primary N) is 3. The van der Waals surface area contributed by atoms with Crippen molar-refractivity contribution in [3.8, 4) is 0 Å². The second-order valence-electron chi connectivity index (χ2n) is 28.0. The van der Waals surface area contributed by atoms with Gasteiger partial charge in [-0.3, -0.25) is 57.5 Å². The number of amides is 12. The molecule has 0 aliphatic heterocycles. The SMILES string of the molecule is CC(C)C[C@H](NC(=O)[C@H](CC(C)C)NC(=O)[C@H](CCCCN)NC(=O)[C@H](CS)NC(=O)[C@H](CC(C)C)NC(=O)[C@H](C)NC(=O)[C@H](CCCCN)NC(=O)[C@H](Cc1ccccc1)NC(=O)[C@H](CC(C)C)NC(=O)[C@H](C)NC(=O)CNC(=O)[C@H](CC(C)C)NC(=O)[C@@H](N)Cc1ccccc1)C(=O)O. The van der Waals surface area contributed by atoms with Crippen LogP contribution in [0.4, 0.5) is 0 Å². The molecule has 566 valence electrons. The molecule has 12 atom stereocenters. The minimum atomic E-state index is -1.36. The largest absolute Gasteiger partial charge is 0.480 e. The molecule has 0 saturated heterocycles. The Labute approximate surface area is 601 Å². The van der Waals surface area contributed by atoms with Gasteiger partial charge in [-0.1, -0.05) is 130 Å². The van der Waals surface area contributed by atoms with Crippen LogP contribution in [0, 0.1) is 29.6 Å². The van der Waals surface area contributed by atoms with Gasteiger partial charge in [0.2, 0.25) is 70.9 Å². The smallest absolute Gasteiger partial charge is 0.326 e. The first-order valence-corrected chi connectivity index (χ1v) is 35.9. The van der Waals surface area contributed by atoms with Crippen LogP contribution in [-0.4, -0.2) is 180 Å². The zero-order valence-electron chi connectivity index (χ0n) is 61.0. The fourth-order valence-electron chi connectivity index (χ4n) is 10.8. The zero-order chi connectivity index (χ0) is 76.1. The molecule has 29 nitrogen and oxygen atoms in total. The highest BCUT2D eigenvalue weighted by Crippen LogP contribution is 2.15. The predicted molar refractivity (Wildman–Crippen MR) is 388 cm³/mol. The molecule has 0 spiro atoms. The van der Waals surface area contributed by atoms with Crippen LogP contribution in [0.1, 0.15) is 165 Å². The van der Waals surface area contributed by atoms with Crippen molar-refractivity contribution in [2.45, 2.75) is 239 Å². The first kappa shape index (κ1) is 88.9. The average molecular weight is 1440 g/mol. The highest BCUT2D eigenvalue weighted by atomic mass is 32.1. The lowest BCUT2D eigenvalue weighted by atomic mass is 9.99. The summed E-state index contributed by atoms with van der Waals surface area (Å²) in [5.41, 5.74) is 19.2. The van der Waals surface area contributed by atoms with E-state index in [0.29, 0.717) is 31.2 Å². The molecule has 0 aliphatic rings. The van der Waals surface area contributed by atoms with Gasteiger partial charge >= 0.3 is 5.97 Å². The number of hydrogen-bond donors (Lipinski definition) is 17. The number of thiol groups is 1. The zero-order valence-corrected chi connectivity index (χ0v) is 61.9. The maximum atomic E-state index is 14.6. The molecule has 0 bridgehead atoms. The summed E-state index contributed by atoms with van der Waals surface area (Å²) in [5.74, 6) is -11.0. The summed E-state index contributed by atoms with van der Waals surface area (Å²) in [4.78, 5) is 179. The van der Waals surface area contributed by atoms with E-state index in [0.717, 1.165) is 5.56 Å². The Kier molecular flexibility index (Phi) is 41.4. The van der Waals surface area contributed by atoms with E-state index in [1.807, 2.05) is 85.7 Å². The van der Waals surface area contributed by atoms with E-state index in [4.69, 9.17) is 17.2 Å². The molecule has 0 aliphatic carbocycles. The molecule has 0 saturated carbocycles. The molecule has 19 N–H and O–H groups in total. The van der Waals surface area contributed by atoms with E-state index < -0.39 is 156 Å². The molecular formula is C71H117N15O14S. The van der Waals surface area contributed by atoms with Crippen molar-refractivity contribution >= 4 is 89.5 Å². The Morgan fingerprint density at radius 3 is 1.07 bits per heavy atom. The summed E-state index contributed by atoms with van der Waals surface area (Å²) in [7, 11) is 0. The monoisotopic (exact) mass is 1440 g/mol. The molecule has 2 rings (SSSR count). The topological polar surface area (TPSA) is 465 Å². The van der Waals surface area contributed by atoms with Crippen molar-refractivity contribution in [1.82, 2.24) is 63.8 Å². The van der Waals surface area contributed by atoms with E-state index in [2.05, 4.69) is 76.4 Å². The van der Waals surface area contributed by atoms with Crippen LogP contribution in [-0.2, 0) is 75.2 Å². The number of aliphatic carboxylic acids is 1. The molecule has 0 heterocycles. The molecule has 0 unspecified atom stereocenters. The lowest BCUT2D eigenvalue weighted by Crippen LogP contribution is -2.61. The van der Waals surface area contributed by atoms with Crippen molar-refractivity contribution in [2.75, 3.05) is 25.4 Å². The van der Waals surface area contributed by atoms with Gasteiger partial charge in [-0.25, -0.2) is 4.79 Å². The predicted octanol–water partition coefficient (Wildman–Crippen LogP) is 0.791. The van der Waals surface area contributed by atoms with Crippen LogP contribution < -0.4 is 81.0 Å². The summed E-state index contributed by atoms with van der Waals surface area (Å²) in [6.07, 6.45) is 2.60. The summed E-state index contributed by atoms with van der Waals surface area (Å²) >= 11 is 4.34. The molecule has 0 aromatic heterocycles. The molecule has 101 heavy (non-hydrogen) atoms. The first-order chi connectivity index (χ1) is 47.6. The third-order valence-electron chi connectivity index (χ3n) is 16.2. The number of nitrogens with one attached hydrogen (secondary N) is 12. The Morgan fingerprint density at radius 1 is 0.356 bits per heavy atom. The van der Waals surface area contributed by atoms with E-state index in [1.54, 1.807) is 44.2 Å². The van der Waals surface area contributed by atoms with Gasteiger partial charge < -0.3 is 86.1 Å². The number of benzene rings is 2. The Hall–Kier alpha value is -8.22. The van der Waals surface area contributed by atoms with Crippen molar-refractivity contribution in [3.63, 3.8) is 0 Å². The van der Waals surface area contributed by atoms with Crippen LogP contribution in [0.15, 0.2) is 60.7 Å². The molecule has 0 fully saturated rings. The van der Waals surface area contributed by atoms with Crippen molar-refractivity contribution in [2.24, 2.45) is 46.8 Å². The van der Waals surface area contributed by atoms with Crippen molar-refractivity contribution < 1.29 is 67.4 Å². The standard InChI is InChI=1S/C71H117N15O14S/c1-40(2)31-52(82-62(90)49(74)36-47-23-15-13-16-24-47)63(91)75-38-59(87)76-45(11)60(88)80-53(32-41(3)4)66(94)84-56(37-48-25-17-14-18-26-48)69(97)78-50(27-19-21-29-72)64(92)77-46(12)61(89)81-54(33-42(5)6)68(96)86-58(39-101)70(98)79-51(28-20-22-30-73)65(93)83-55(34-43(7)8)67(95)85-57(71(99)100)35-44(9)10/h13-18,23-26,40-46,49-58,101H,19-22,27-39,72-74H2,1-12H3,(H,75,91)(H,76,87)(H,77,92)(H,78,97)(H,79,98)(H,80,88)(H,81,89)(H,82,90)(H,83,93)(H,84,94)(H,85,95)(H,86,96)(H,99,100)/t45-,46-,49-,50-,51-,52-,53-,54-,55-,56-,57-,58-/m0/s1. The van der Waals surface area contributed by atoms with Crippen LogP contribution in [0.25, 0.3) is 0 Å². The molecule has 12 amide bonds. The van der Waals surface area contributed by atoms with Crippen LogP contribution in [0.2, 0.25) is 0 Å². The normalized spacial score (nSPS) is 14.9. The summed E-state index contributed by atoms with van der Waals surface area (Å²) in [6.45, 7) is 20.9. The molecular weight excluding hydrogens is 1320 g/mol. The molecule has 30 heteroatoms. The lowest BCUT2D eigenvalue weighted by molar-refractivity contribution is -0.143. The second-order valence-corrected chi connectivity index (χ2v) is 28.4. The lowest BCUT2D eigenvalue weighted by Gasteiger charge is -2.28. The van der Waals surface area contributed by atoms with Gasteiger partial charge in [-0.05, 0) is 145 Å². The number of carboxylic acid groups (broad SMARTS) is 1. The Balaban J connectivity index is 2.31. The number of unbranched alkanes of at least 4 members (excludes halogenated alkanes) is 2. The van der Waals surface area contributed by atoms with E-state index in [9.17, 15) is 67.4 Å². The van der Waals surface area contributed by atoms with E-state index in [1.165, 1.54) is 13.8 Å². The molecule has 0 radical (unpaired) electrons. The Morgan fingerprint density at radius 2 is 0.663 bits per heavy atom. The van der Waals surface area contributed by atoms with Gasteiger partial charge in [-0.2, -0.15) is 12.6 Å². The third kappa shape index (κ3) is 35.3. The summed E-state index contributed by atoms with van der Waals surface area (Å²) in [6, 6.07) is 3.17. The Bertz CT molecular complexity index is 2980. The van der Waals surface area contributed by atoms with Gasteiger partial charge in [0.15, 0.2) is 0 Å². The molecule has 2 aromatic carbocycles. The first-order valence-electron chi connectivity index (χ1n) is 35.3. The number of rotatable bonds is 48. The van der Waals surface area contributed by atoms with Crippen molar-refractivity contribution in [1.29, 1.82) is 0 Å². The van der Waals surface area contributed by atoms with Crippen LogP contribution in [0.3, 0.4) is 0 Å². The molecule has 2 aromatic rings. The number of carbonyl (C=O) groups is 13. The average Bonchev–Trinajstić information content (AvgIpc) is 0.864. The van der Waals surface area contributed by atoms with Gasteiger partial charge in [0.25, 0.3) is 0 Å². The minimum Gasteiger partial charge on any atom is -0.480 e. The van der Waals surface area contributed by atoms with Gasteiger partial charge in [-0.15, -0.1) is 0 Å². The van der Waals surface area contributed by atoms with Gasteiger partial charge in [0.05, 0.1) is 12.6 Å². The minimum absolute atomic E-state index is 0.0311. The third-order valence-corrected chi connectivity index (χ3v) is 16.5. The van der Waals surface area contributed by atoms with Crippen molar-refractivity contribution in [3.05, 3.63) is 71.8 Å². The quantitative estimate of drug-likeness (QED) is 0.0322. The van der Waals surface area contributed by atoms with Crippen LogP contribution >= 0.6 is 12.6 Å². The summed E-state index contributed by atoms with van der Waals surface area (Å²) < 4.78 is 0. The highest BCUT2D eigenvalue weighted by Gasteiger charge is 2.36. The number of hydrogen-bond acceptors (Lipinski definition) is 17. The van der Waals surface area contributed by atoms with E-state index in [-0.39, 0.29) is 106 Å². The van der Waals surface area contributed by atoms with E-state index >= 15 is 0 Å². The second kappa shape index (κ2) is 47.1. The summed E-state index contributed by atoms with van der Waals surface area (Å²) in [5, 5.41) is 41.6. The van der Waals surface area contributed by atoms with Gasteiger partial charge in [0, 0.05) is 12.2 Å². The highest BCUT2D eigenvalue weighted by molar-refractivity contribution is 7.80. The maximum Gasteiger partial charge on any atom is 0.326 e.